The van der Waals surface area contributed by atoms with E-state index in [1.807, 2.05) is 0 Å². The lowest BCUT2D eigenvalue weighted by molar-refractivity contribution is -0.159. The Morgan fingerprint density at radius 1 is 1.09 bits per heavy atom. The van der Waals surface area contributed by atoms with Crippen LogP contribution < -0.4 is 0 Å². The fourth-order valence-electron chi connectivity index (χ4n) is 1.87. The Kier molecular flexibility index (Phi) is 7.37. The SMILES string of the molecule is CCOC(=O)C(O)C(O)c1ccc(C(=O)CCC(=O)OC)cc1. The van der Waals surface area contributed by atoms with Crippen LogP contribution in [0.4, 0.5) is 0 Å². The molecule has 0 heterocycles. The Hall–Kier alpha value is -2.25. The smallest absolute Gasteiger partial charge is 0.338 e. The van der Waals surface area contributed by atoms with Crippen LogP contribution in [0.1, 0.15) is 41.8 Å². The van der Waals surface area contributed by atoms with Crippen LogP contribution in [0.25, 0.3) is 0 Å². The molecule has 0 bridgehead atoms. The lowest BCUT2D eigenvalue weighted by Gasteiger charge is -2.16. The zero-order valence-corrected chi connectivity index (χ0v) is 13.0. The van der Waals surface area contributed by atoms with Crippen LogP contribution in [0.5, 0.6) is 0 Å². The zero-order chi connectivity index (χ0) is 17.4. The van der Waals surface area contributed by atoms with E-state index in [0.717, 1.165) is 0 Å². The highest BCUT2D eigenvalue weighted by Crippen LogP contribution is 2.19. The number of benzene rings is 1. The molecule has 7 heteroatoms. The van der Waals surface area contributed by atoms with Crippen molar-refractivity contribution in [1.29, 1.82) is 0 Å². The summed E-state index contributed by atoms with van der Waals surface area (Å²) in [6, 6.07) is 5.77. The molecule has 1 aromatic carbocycles. The van der Waals surface area contributed by atoms with Crippen LogP contribution in [0.15, 0.2) is 24.3 Å². The van der Waals surface area contributed by atoms with E-state index in [4.69, 9.17) is 0 Å². The van der Waals surface area contributed by atoms with E-state index in [-0.39, 0.29) is 30.8 Å². The van der Waals surface area contributed by atoms with Crippen LogP contribution in [0.3, 0.4) is 0 Å². The summed E-state index contributed by atoms with van der Waals surface area (Å²) in [7, 11) is 1.25. The number of methoxy groups -OCH3 is 1. The number of rotatable bonds is 8. The second-order valence-corrected chi connectivity index (χ2v) is 4.76. The Labute approximate surface area is 133 Å². The molecule has 0 saturated heterocycles. The van der Waals surface area contributed by atoms with Crippen molar-refractivity contribution < 1.29 is 34.1 Å². The lowest BCUT2D eigenvalue weighted by Crippen LogP contribution is -2.29. The fraction of sp³-hybridized carbons (Fsp3) is 0.438. The van der Waals surface area contributed by atoms with E-state index in [0.29, 0.717) is 5.56 Å². The molecule has 0 aliphatic carbocycles. The second-order valence-electron chi connectivity index (χ2n) is 4.76. The van der Waals surface area contributed by atoms with Crippen LogP contribution in [0.2, 0.25) is 0 Å². The highest BCUT2D eigenvalue weighted by Gasteiger charge is 2.26. The van der Waals surface area contributed by atoms with Gasteiger partial charge in [0.1, 0.15) is 6.10 Å². The minimum absolute atomic E-state index is 0.0126. The number of aliphatic hydroxyl groups excluding tert-OH is 2. The number of carbonyl (C=O) groups is 3. The average molecular weight is 324 g/mol. The first-order valence-corrected chi connectivity index (χ1v) is 7.13. The van der Waals surface area contributed by atoms with Crippen molar-refractivity contribution >= 4 is 17.7 Å². The molecule has 0 aliphatic heterocycles. The molecular weight excluding hydrogens is 304 g/mol. The molecule has 2 unspecified atom stereocenters. The Morgan fingerprint density at radius 2 is 1.70 bits per heavy atom. The summed E-state index contributed by atoms with van der Waals surface area (Å²) < 4.78 is 9.09. The summed E-state index contributed by atoms with van der Waals surface area (Å²) in [5.74, 6) is -1.64. The van der Waals surface area contributed by atoms with Gasteiger partial charge >= 0.3 is 11.9 Å². The summed E-state index contributed by atoms with van der Waals surface area (Å²) in [5, 5.41) is 19.6. The van der Waals surface area contributed by atoms with Gasteiger partial charge in [-0.2, -0.15) is 0 Å². The number of carbonyl (C=O) groups excluding carboxylic acids is 3. The van der Waals surface area contributed by atoms with Gasteiger partial charge in [0.25, 0.3) is 0 Å². The van der Waals surface area contributed by atoms with Crippen LogP contribution in [-0.4, -0.2) is 47.8 Å². The second kappa shape index (κ2) is 9.02. The molecule has 2 N–H and O–H groups in total. The molecule has 7 nitrogen and oxygen atoms in total. The van der Waals surface area contributed by atoms with Gasteiger partial charge in [0.15, 0.2) is 11.9 Å². The zero-order valence-electron chi connectivity index (χ0n) is 13.0. The molecule has 2 atom stereocenters. The molecule has 0 radical (unpaired) electrons. The molecule has 0 saturated carbocycles. The van der Waals surface area contributed by atoms with E-state index in [1.165, 1.54) is 31.4 Å². The van der Waals surface area contributed by atoms with E-state index in [9.17, 15) is 24.6 Å². The van der Waals surface area contributed by atoms with E-state index >= 15 is 0 Å². The van der Waals surface area contributed by atoms with Gasteiger partial charge in [0, 0.05) is 12.0 Å². The maximum atomic E-state index is 11.9. The van der Waals surface area contributed by atoms with Crippen molar-refractivity contribution in [1.82, 2.24) is 0 Å². The van der Waals surface area contributed by atoms with Crippen LogP contribution >= 0.6 is 0 Å². The molecule has 0 aliphatic rings. The highest BCUT2D eigenvalue weighted by molar-refractivity contribution is 5.97. The van der Waals surface area contributed by atoms with E-state index < -0.39 is 24.1 Å². The third-order valence-corrected chi connectivity index (χ3v) is 3.19. The Morgan fingerprint density at radius 3 is 2.22 bits per heavy atom. The molecular formula is C16H20O7. The molecule has 1 aromatic rings. The fourth-order valence-corrected chi connectivity index (χ4v) is 1.87. The monoisotopic (exact) mass is 324 g/mol. The van der Waals surface area contributed by atoms with Gasteiger partial charge in [0.05, 0.1) is 20.1 Å². The van der Waals surface area contributed by atoms with Crippen molar-refractivity contribution in [2.45, 2.75) is 32.0 Å². The molecule has 0 spiro atoms. The first-order valence-electron chi connectivity index (χ1n) is 7.13. The first-order chi connectivity index (χ1) is 10.9. The topological polar surface area (TPSA) is 110 Å². The lowest BCUT2D eigenvalue weighted by atomic mass is 10.00. The Balaban J connectivity index is 2.70. The minimum atomic E-state index is -1.70. The standard InChI is InChI=1S/C16H20O7/c1-3-23-16(21)15(20)14(19)11-6-4-10(5-7-11)12(17)8-9-13(18)22-2/h4-7,14-15,19-20H,3,8-9H2,1-2H3. The third-order valence-electron chi connectivity index (χ3n) is 3.19. The number of esters is 2. The normalized spacial score (nSPS) is 13.0. The van der Waals surface area contributed by atoms with Gasteiger partial charge in [-0.1, -0.05) is 24.3 Å². The average Bonchev–Trinajstić information content (AvgIpc) is 2.58. The number of ketones is 1. The van der Waals surface area contributed by atoms with Gasteiger partial charge < -0.3 is 19.7 Å². The minimum Gasteiger partial charge on any atom is -0.469 e. The van der Waals surface area contributed by atoms with Crippen LogP contribution in [0, 0.1) is 0 Å². The van der Waals surface area contributed by atoms with Crippen molar-refractivity contribution in [3.8, 4) is 0 Å². The molecule has 0 amide bonds. The predicted molar refractivity (Wildman–Crippen MR) is 79.6 cm³/mol. The molecule has 0 aromatic heterocycles. The molecule has 23 heavy (non-hydrogen) atoms. The maximum Gasteiger partial charge on any atom is 0.338 e. The highest BCUT2D eigenvalue weighted by atomic mass is 16.5. The summed E-state index contributed by atoms with van der Waals surface area (Å²) in [5.41, 5.74) is 0.630. The summed E-state index contributed by atoms with van der Waals surface area (Å²) in [4.78, 5) is 34.3. The number of ether oxygens (including phenoxy) is 2. The van der Waals surface area contributed by atoms with Crippen LogP contribution in [-0.2, 0) is 19.1 Å². The molecule has 1 rings (SSSR count). The summed E-state index contributed by atoms with van der Waals surface area (Å²) in [6.45, 7) is 1.68. The Bertz CT molecular complexity index is 550. The van der Waals surface area contributed by atoms with Crippen molar-refractivity contribution in [3.05, 3.63) is 35.4 Å². The largest absolute Gasteiger partial charge is 0.469 e. The van der Waals surface area contributed by atoms with E-state index in [1.54, 1.807) is 6.92 Å². The van der Waals surface area contributed by atoms with Crippen molar-refractivity contribution in [2.75, 3.05) is 13.7 Å². The van der Waals surface area contributed by atoms with Gasteiger partial charge in [-0.15, -0.1) is 0 Å². The van der Waals surface area contributed by atoms with Gasteiger partial charge in [-0.3, -0.25) is 9.59 Å². The third kappa shape index (κ3) is 5.46. The van der Waals surface area contributed by atoms with E-state index in [2.05, 4.69) is 9.47 Å². The first kappa shape index (κ1) is 18.8. The number of hydrogen-bond donors (Lipinski definition) is 2. The number of Topliss-reactive ketones (excluding diaryl/α,β-unsaturated/α-hetero) is 1. The quantitative estimate of drug-likeness (QED) is 0.537. The maximum absolute atomic E-state index is 11.9. The van der Waals surface area contributed by atoms with Crippen molar-refractivity contribution in [2.24, 2.45) is 0 Å². The van der Waals surface area contributed by atoms with Gasteiger partial charge in [0.2, 0.25) is 0 Å². The van der Waals surface area contributed by atoms with Gasteiger partial charge in [-0.05, 0) is 12.5 Å². The molecule has 126 valence electrons. The number of aliphatic hydroxyl groups is 2. The summed E-state index contributed by atoms with van der Waals surface area (Å²) in [6.07, 6.45) is -3.15. The van der Waals surface area contributed by atoms with Gasteiger partial charge in [-0.25, -0.2) is 4.79 Å². The number of hydrogen-bond acceptors (Lipinski definition) is 7. The molecule has 0 fully saturated rings. The summed E-state index contributed by atoms with van der Waals surface area (Å²) >= 11 is 0. The van der Waals surface area contributed by atoms with Crippen molar-refractivity contribution in [3.63, 3.8) is 0 Å². The predicted octanol–water partition coefficient (Wildman–Crippen LogP) is 0.780.